The van der Waals surface area contributed by atoms with Crippen LogP contribution in [0.3, 0.4) is 0 Å². The Morgan fingerprint density at radius 3 is 2.67 bits per heavy atom. The van der Waals surface area contributed by atoms with E-state index in [0.717, 1.165) is 12.1 Å². The Hall–Kier alpha value is -1.64. The van der Waals surface area contributed by atoms with Gasteiger partial charge in [-0.15, -0.1) is 0 Å². The van der Waals surface area contributed by atoms with E-state index >= 15 is 0 Å². The molecule has 3 N–H and O–H groups in total. The van der Waals surface area contributed by atoms with Crippen molar-refractivity contribution >= 4 is 27.3 Å². The molecule has 0 spiro atoms. The Morgan fingerprint density at radius 2 is 2.10 bits per heavy atom. The Labute approximate surface area is 126 Å². The topological polar surface area (TPSA) is 98.2 Å². The number of nitrogens with zero attached hydrogens (tertiary/aromatic N) is 1. The highest BCUT2D eigenvalue weighted by Crippen LogP contribution is 2.26. The number of hydrogen-bond donors (Lipinski definition) is 2. The van der Waals surface area contributed by atoms with Crippen molar-refractivity contribution in [3.63, 3.8) is 0 Å². The molecule has 21 heavy (non-hydrogen) atoms. The average Bonchev–Trinajstić information content (AvgIpc) is 2.71. The van der Waals surface area contributed by atoms with Crippen LogP contribution in [-0.2, 0) is 16.6 Å². The van der Waals surface area contributed by atoms with Gasteiger partial charge < -0.3 is 10.3 Å². The summed E-state index contributed by atoms with van der Waals surface area (Å²) in [6.45, 7) is 3.26. The first kappa shape index (κ1) is 15.7. The van der Waals surface area contributed by atoms with Gasteiger partial charge in [-0.1, -0.05) is 16.8 Å². The lowest BCUT2D eigenvalue weighted by Crippen LogP contribution is -2.25. The number of hydrogen-bond acceptors (Lipinski definition) is 5. The average molecular weight is 334 g/mol. The Bertz CT molecular complexity index is 770. The SMILES string of the molecule is Cc1noc(C)c1CNS(=O)(=O)c1cc(N)cc(Cl)c1F. The lowest BCUT2D eigenvalue weighted by atomic mass is 10.2. The van der Waals surface area contributed by atoms with Crippen LogP contribution in [0.2, 0.25) is 5.02 Å². The molecule has 1 aromatic heterocycles. The Balaban J connectivity index is 2.32. The van der Waals surface area contributed by atoms with Gasteiger partial charge in [0.1, 0.15) is 10.7 Å². The molecule has 1 heterocycles. The van der Waals surface area contributed by atoms with Crippen LogP contribution < -0.4 is 10.5 Å². The van der Waals surface area contributed by atoms with E-state index in [1.54, 1.807) is 13.8 Å². The zero-order valence-electron chi connectivity index (χ0n) is 11.3. The van der Waals surface area contributed by atoms with Gasteiger partial charge in [-0.2, -0.15) is 0 Å². The minimum atomic E-state index is -4.10. The summed E-state index contributed by atoms with van der Waals surface area (Å²) in [6.07, 6.45) is 0. The number of nitrogens with two attached hydrogens (primary N) is 1. The van der Waals surface area contributed by atoms with Gasteiger partial charge in [0.05, 0.1) is 10.7 Å². The van der Waals surface area contributed by atoms with Crippen molar-refractivity contribution in [2.45, 2.75) is 25.3 Å². The van der Waals surface area contributed by atoms with E-state index < -0.39 is 20.7 Å². The van der Waals surface area contributed by atoms with Gasteiger partial charge >= 0.3 is 0 Å². The maximum atomic E-state index is 13.9. The van der Waals surface area contributed by atoms with Gasteiger partial charge in [0.15, 0.2) is 5.82 Å². The van der Waals surface area contributed by atoms with E-state index in [1.165, 1.54) is 0 Å². The van der Waals surface area contributed by atoms with E-state index in [4.69, 9.17) is 21.9 Å². The molecule has 0 amide bonds. The highest BCUT2D eigenvalue weighted by Gasteiger charge is 2.23. The smallest absolute Gasteiger partial charge is 0.243 e. The van der Waals surface area contributed by atoms with Crippen LogP contribution >= 0.6 is 11.6 Å². The highest BCUT2D eigenvalue weighted by atomic mass is 35.5. The molecular weight excluding hydrogens is 321 g/mol. The Kier molecular flexibility index (Phi) is 4.22. The van der Waals surface area contributed by atoms with Crippen molar-refractivity contribution in [2.75, 3.05) is 5.73 Å². The predicted octanol–water partition coefficient (Wildman–Crippen LogP) is 2.14. The third-order valence-electron chi connectivity index (χ3n) is 2.93. The number of anilines is 1. The zero-order valence-corrected chi connectivity index (χ0v) is 12.8. The number of nitrogen functional groups attached to an aromatic ring is 1. The molecule has 0 aliphatic carbocycles. The van der Waals surface area contributed by atoms with Crippen molar-refractivity contribution in [2.24, 2.45) is 0 Å². The lowest BCUT2D eigenvalue weighted by molar-refractivity contribution is 0.392. The summed E-state index contributed by atoms with van der Waals surface area (Å²) in [6, 6.07) is 2.15. The summed E-state index contributed by atoms with van der Waals surface area (Å²) in [7, 11) is -4.10. The van der Waals surface area contributed by atoms with Crippen LogP contribution in [0.15, 0.2) is 21.6 Å². The van der Waals surface area contributed by atoms with Crippen molar-refractivity contribution in [3.8, 4) is 0 Å². The molecular formula is C12H13ClFN3O3S. The fraction of sp³-hybridized carbons (Fsp3) is 0.250. The molecule has 0 saturated heterocycles. The summed E-state index contributed by atoms with van der Waals surface area (Å²) in [5.41, 5.74) is 6.70. The molecule has 0 aliphatic heterocycles. The minimum absolute atomic E-state index is 0.0547. The molecule has 0 radical (unpaired) electrons. The van der Waals surface area contributed by atoms with E-state index in [0.29, 0.717) is 17.0 Å². The second-order valence-corrected chi connectivity index (χ2v) is 6.58. The molecule has 0 atom stereocenters. The summed E-state index contributed by atoms with van der Waals surface area (Å²) in [5.74, 6) is -0.557. The number of rotatable bonds is 4. The number of aromatic nitrogens is 1. The van der Waals surface area contributed by atoms with E-state index in [-0.39, 0.29) is 17.3 Å². The monoisotopic (exact) mass is 333 g/mol. The van der Waals surface area contributed by atoms with Gasteiger partial charge in [-0.3, -0.25) is 0 Å². The number of benzene rings is 1. The lowest BCUT2D eigenvalue weighted by Gasteiger charge is -2.09. The first-order valence-electron chi connectivity index (χ1n) is 5.88. The van der Waals surface area contributed by atoms with Crippen LogP contribution in [0.5, 0.6) is 0 Å². The fourth-order valence-electron chi connectivity index (χ4n) is 1.78. The molecule has 0 fully saturated rings. The van der Waals surface area contributed by atoms with Crippen molar-refractivity contribution < 1.29 is 17.3 Å². The maximum Gasteiger partial charge on any atom is 0.243 e. The Morgan fingerprint density at radius 1 is 1.43 bits per heavy atom. The predicted molar refractivity (Wildman–Crippen MR) is 75.8 cm³/mol. The van der Waals surface area contributed by atoms with Gasteiger partial charge in [0.2, 0.25) is 10.0 Å². The van der Waals surface area contributed by atoms with Crippen molar-refractivity contribution in [1.29, 1.82) is 0 Å². The molecule has 9 heteroatoms. The number of sulfonamides is 1. The third-order valence-corrected chi connectivity index (χ3v) is 4.60. The largest absolute Gasteiger partial charge is 0.399 e. The van der Waals surface area contributed by atoms with E-state index in [2.05, 4.69) is 9.88 Å². The highest BCUT2D eigenvalue weighted by molar-refractivity contribution is 7.89. The first-order chi connectivity index (χ1) is 9.72. The summed E-state index contributed by atoms with van der Waals surface area (Å²) in [4.78, 5) is -0.598. The fourth-order valence-corrected chi connectivity index (χ4v) is 3.19. The molecule has 0 unspecified atom stereocenters. The number of halogens is 2. The van der Waals surface area contributed by atoms with Crippen LogP contribution in [0.25, 0.3) is 0 Å². The summed E-state index contributed by atoms with van der Waals surface area (Å²) < 4.78 is 45.4. The summed E-state index contributed by atoms with van der Waals surface area (Å²) in [5, 5.41) is 3.36. The summed E-state index contributed by atoms with van der Waals surface area (Å²) >= 11 is 5.60. The normalized spacial score (nSPS) is 11.8. The molecule has 2 aromatic rings. The van der Waals surface area contributed by atoms with Crippen LogP contribution in [0.1, 0.15) is 17.0 Å². The van der Waals surface area contributed by atoms with Gasteiger partial charge in [0.25, 0.3) is 0 Å². The molecule has 6 nitrogen and oxygen atoms in total. The van der Waals surface area contributed by atoms with Gasteiger partial charge in [0, 0.05) is 17.8 Å². The quantitative estimate of drug-likeness (QED) is 0.835. The van der Waals surface area contributed by atoms with Gasteiger partial charge in [-0.05, 0) is 26.0 Å². The van der Waals surface area contributed by atoms with Crippen LogP contribution in [0.4, 0.5) is 10.1 Å². The first-order valence-corrected chi connectivity index (χ1v) is 7.74. The second-order valence-electron chi connectivity index (χ2n) is 4.44. The minimum Gasteiger partial charge on any atom is -0.399 e. The molecule has 114 valence electrons. The molecule has 0 aliphatic rings. The van der Waals surface area contributed by atoms with Crippen molar-refractivity contribution in [3.05, 3.63) is 40.0 Å². The number of aryl methyl sites for hydroxylation is 2. The second kappa shape index (κ2) is 5.63. The molecule has 1 aromatic carbocycles. The van der Waals surface area contributed by atoms with Crippen LogP contribution in [0, 0.1) is 19.7 Å². The molecule has 0 bridgehead atoms. The standard InChI is InChI=1S/C12H13ClFN3O3S/c1-6-9(7(2)20-17-6)5-16-21(18,19)11-4-8(15)3-10(13)12(11)14/h3-4,16H,5,15H2,1-2H3. The van der Waals surface area contributed by atoms with E-state index in [9.17, 15) is 12.8 Å². The van der Waals surface area contributed by atoms with Crippen molar-refractivity contribution in [1.82, 2.24) is 9.88 Å². The maximum absolute atomic E-state index is 13.9. The number of nitrogens with one attached hydrogen (secondary N) is 1. The van der Waals surface area contributed by atoms with Crippen LogP contribution in [-0.4, -0.2) is 13.6 Å². The zero-order chi connectivity index (χ0) is 15.8. The molecule has 0 saturated carbocycles. The van der Waals surface area contributed by atoms with E-state index in [1.807, 2.05) is 0 Å². The third kappa shape index (κ3) is 3.17. The van der Waals surface area contributed by atoms with Gasteiger partial charge in [-0.25, -0.2) is 17.5 Å². The molecule has 2 rings (SSSR count).